The first-order valence-electron chi connectivity index (χ1n) is 6.69. The van der Waals surface area contributed by atoms with Gasteiger partial charge in [0.05, 0.1) is 6.04 Å². The van der Waals surface area contributed by atoms with E-state index >= 15 is 0 Å². The molecule has 4 rings (SSSR count). The molecule has 0 spiro atoms. The van der Waals surface area contributed by atoms with E-state index in [2.05, 4.69) is 5.32 Å². The van der Waals surface area contributed by atoms with Crippen LogP contribution in [0.5, 0.6) is 11.5 Å². The Morgan fingerprint density at radius 1 is 1.14 bits per heavy atom. The van der Waals surface area contributed by atoms with Gasteiger partial charge in [0.25, 0.3) is 0 Å². The first kappa shape index (κ1) is 12.2. The highest BCUT2D eigenvalue weighted by Gasteiger charge is 2.29. The molecule has 0 bridgehead atoms. The van der Waals surface area contributed by atoms with Crippen LogP contribution in [0.3, 0.4) is 0 Å². The zero-order valence-corrected chi connectivity index (χ0v) is 11.1. The van der Waals surface area contributed by atoms with Gasteiger partial charge in [-0.1, -0.05) is 12.1 Å². The van der Waals surface area contributed by atoms with Gasteiger partial charge in [-0.05, 0) is 23.8 Å². The second-order valence-electron chi connectivity index (χ2n) is 5.13. The Labute approximate surface area is 120 Å². The van der Waals surface area contributed by atoms with Gasteiger partial charge in [0.2, 0.25) is 6.79 Å². The summed E-state index contributed by atoms with van der Waals surface area (Å²) in [7, 11) is 0. The fraction of sp³-hybridized carbons (Fsp3) is 0.188. The van der Waals surface area contributed by atoms with Crippen LogP contribution in [-0.4, -0.2) is 12.6 Å². The minimum absolute atomic E-state index is 0.0105. The lowest BCUT2D eigenvalue weighted by Gasteiger charge is -2.26. The lowest BCUT2D eigenvalue weighted by molar-refractivity contribution is 0.0972. The van der Waals surface area contributed by atoms with Gasteiger partial charge in [-0.2, -0.15) is 0 Å². The maximum atomic E-state index is 13.3. The topological polar surface area (TPSA) is 47.6 Å². The van der Waals surface area contributed by atoms with Gasteiger partial charge < -0.3 is 14.8 Å². The van der Waals surface area contributed by atoms with E-state index in [0.29, 0.717) is 22.7 Å². The molecule has 0 radical (unpaired) electrons. The van der Waals surface area contributed by atoms with Gasteiger partial charge in [-0.25, -0.2) is 4.39 Å². The molecule has 0 aliphatic carbocycles. The van der Waals surface area contributed by atoms with Gasteiger partial charge in [-0.3, -0.25) is 4.79 Å². The van der Waals surface area contributed by atoms with Crippen molar-refractivity contribution in [2.24, 2.45) is 0 Å². The van der Waals surface area contributed by atoms with Crippen LogP contribution in [0.4, 0.5) is 10.1 Å². The van der Waals surface area contributed by atoms with Crippen molar-refractivity contribution in [2.45, 2.75) is 12.5 Å². The Hall–Kier alpha value is -2.56. The van der Waals surface area contributed by atoms with Gasteiger partial charge in [0.1, 0.15) is 5.82 Å². The predicted molar refractivity (Wildman–Crippen MR) is 74.3 cm³/mol. The van der Waals surface area contributed by atoms with E-state index < -0.39 is 0 Å². The van der Waals surface area contributed by atoms with E-state index in [-0.39, 0.29) is 30.9 Å². The van der Waals surface area contributed by atoms with E-state index in [9.17, 15) is 9.18 Å². The maximum absolute atomic E-state index is 13.3. The lowest BCUT2D eigenvalue weighted by atomic mass is 9.92. The second-order valence-corrected chi connectivity index (χ2v) is 5.13. The van der Waals surface area contributed by atoms with E-state index in [1.54, 1.807) is 18.2 Å². The van der Waals surface area contributed by atoms with Crippen molar-refractivity contribution in [3.8, 4) is 11.5 Å². The standard InChI is InChI=1S/C16H12FNO3/c17-10-3-1-2-9(4-10)12-6-14(19)11-5-15-16(21-8-20-15)7-13(11)18-12/h1-5,7,12,18H,6,8H2/t12-/m1/s1. The van der Waals surface area contributed by atoms with Crippen LogP contribution >= 0.6 is 0 Å². The number of Topliss-reactive ketones (excluding diaryl/α,β-unsaturated/α-hetero) is 1. The number of fused-ring (bicyclic) bond motifs is 2. The van der Waals surface area contributed by atoms with Crippen LogP contribution in [-0.2, 0) is 0 Å². The molecule has 21 heavy (non-hydrogen) atoms. The summed E-state index contributed by atoms with van der Waals surface area (Å²) in [5, 5.41) is 3.28. The summed E-state index contributed by atoms with van der Waals surface area (Å²) in [6, 6.07) is 9.53. The lowest BCUT2D eigenvalue weighted by Crippen LogP contribution is -2.22. The highest BCUT2D eigenvalue weighted by molar-refractivity contribution is 6.04. The highest BCUT2D eigenvalue weighted by atomic mass is 19.1. The van der Waals surface area contributed by atoms with Crippen LogP contribution in [0.25, 0.3) is 0 Å². The fourth-order valence-electron chi connectivity index (χ4n) is 2.75. The van der Waals surface area contributed by atoms with E-state index in [1.807, 2.05) is 6.07 Å². The number of ketones is 1. The van der Waals surface area contributed by atoms with Crippen molar-refractivity contribution < 1.29 is 18.7 Å². The molecule has 2 aromatic carbocycles. The van der Waals surface area contributed by atoms with Crippen molar-refractivity contribution in [3.63, 3.8) is 0 Å². The minimum atomic E-state index is -0.307. The summed E-state index contributed by atoms with van der Waals surface area (Å²) in [5.74, 6) is 0.914. The zero-order chi connectivity index (χ0) is 14.4. The van der Waals surface area contributed by atoms with E-state index in [4.69, 9.17) is 9.47 Å². The van der Waals surface area contributed by atoms with E-state index in [0.717, 1.165) is 5.56 Å². The average Bonchev–Trinajstić information content (AvgIpc) is 2.92. The molecule has 5 heteroatoms. The number of hydrogen-bond donors (Lipinski definition) is 1. The molecule has 2 heterocycles. The van der Waals surface area contributed by atoms with Crippen molar-refractivity contribution in [3.05, 3.63) is 53.3 Å². The molecule has 0 fully saturated rings. The Balaban J connectivity index is 1.73. The monoisotopic (exact) mass is 285 g/mol. The van der Waals surface area contributed by atoms with E-state index in [1.165, 1.54) is 12.1 Å². The molecule has 2 aromatic rings. The number of rotatable bonds is 1. The second kappa shape index (κ2) is 4.48. The fourth-order valence-corrected chi connectivity index (χ4v) is 2.75. The largest absolute Gasteiger partial charge is 0.454 e. The number of halogens is 1. The highest BCUT2D eigenvalue weighted by Crippen LogP contribution is 2.41. The molecule has 0 saturated heterocycles. The Kier molecular flexibility index (Phi) is 2.60. The Morgan fingerprint density at radius 3 is 2.76 bits per heavy atom. The van der Waals surface area contributed by atoms with Crippen LogP contribution in [0.2, 0.25) is 0 Å². The van der Waals surface area contributed by atoms with Crippen LogP contribution in [0.1, 0.15) is 28.4 Å². The number of carbonyl (C=O) groups excluding carboxylic acids is 1. The number of carbonyl (C=O) groups is 1. The molecule has 0 unspecified atom stereocenters. The smallest absolute Gasteiger partial charge is 0.231 e. The van der Waals surface area contributed by atoms with Crippen molar-refractivity contribution in [1.29, 1.82) is 0 Å². The van der Waals surface area contributed by atoms with Crippen molar-refractivity contribution in [1.82, 2.24) is 0 Å². The Bertz CT molecular complexity index is 744. The third kappa shape index (κ3) is 2.01. The summed E-state index contributed by atoms with van der Waals surface area (Å²) in [5.41, 5.74) is 2.04. The molecule has 1 atom stereocenters. The molecule has 2 aliphatic heterocycles. The number of hydrogen-bond acceptors (Lipinski definition) is 4. The molecule has 1 N–H and O–H groups in total. The molecule has 4 nitrogen and oxygen atoms in total. The third-order valence-corrected chi connectivity index (χ3v) is 3.78. The average molecular weight is 285 g/mol. The SMILES string of the molecule is O=C1C[C@H](c2cccc(F)c2)Nc2cc3c(cc21)OCO3. The van der Waals surface area contributed by atoms with Gasteiger partial charge in [0.15, 0.2) is 17.3 Å². The first-order chi connectivity index (χ1) is 10.2. The van der Waals surface area contributed by atoms with Gasteiger partial charge in [-0.15, -0.1) is 0 Å². The van der Waals surface area contributed by atoms with Gasteiger partial charge in [0, 0.05) is 23.7 Å². The molecule has 0 amide bonds. The molecule has 0 saturated carbocycles. The number of ether oxygens (including phenoxy) is 2. The first-order valence-corrected chi connectivity index (χ1v) is 6.69. The molecule has 2 aliphatic rings. The zero-order valence-electron chi connectivity index (χ0n) is 11.1. The number of anilines is 1. The van der Waals surface area contributed by atoms with Crippen LogP contribution in [0, 0.1) is 5.82 Å². The van der Waals surface area contributed by atoms with Crippen LogP contribution < -0.4 is 14.8 Å². The molecular formula is C16H12FNO3. The summed E-state index contributed by atoms with van der Waals surface area (Å²) in [4.78, 5) is 12.3. The van der Waals surface area contributed by atoms with Gasteiger partial charge >= 0.3 is 0 Å². The quantitative estimate of drug-likeness (QED) is 0.873. The summed E-state index contributed by atoms with van der Waals surface area (Å²) in [6.07, 6.45) is 0.288. The minimum Gasteiger partial charge on any atom is -0.454 e. The normalized spacial score (nSPS) is 19.1. The third-order valence-electron chi connectivity index (χ3n) is 3.78. The van der Waals surface area contributed by atoms with Crippen molar-refractivity contribution >= 4 is 11.5 Å². The summed E-state index contributed by atoms with van der Waals surface area (Å²) in [6.45, 7) is 0.166. The molecular weight excluding hydrogens is 273 g/mol. The Morgan fingerprint density at radius 2 is 1.95 bits per heavy atom. The number of nitrogens with one attached hydrogen (secondary N) is 1. The van der Waals surface area contributed by atoms with Crippen molar-refractivity contribution in [2.75, 3.05) is 12.1 Å². The molecule has 0 aromatic heterocycles. The summed E-state index contributed by atoms with van der Waals surface area (Å²) >= 11 is 0. The predicted octanol–water partition coefficient (Wildman–Crippen LogP) is 3.29. The molecule has 106 valence electrons. The number of benzene rings is 2. The summed E-state index contributed by atoms with van der Waals surface area (Å²) < 4.78 is 24.0. The van der Waals surface area contributed by atoms with Crippen LogP contribution in [0.15, 0.2) is 36.4 Å². The maximum Gasteiger partial charge on any atom is 0.231 e.